The lowest BCUT2D eigenvalue weighted by Gasteiger charge is -2.29. The molecular formula is C24H26FN3O2. The lowest BCUT2D eigenvalue weighted by Crippen LogP contribution is -2.41. The summed E-state index contributed by atoms with van der Waals surface area (Å²) in [5, 5.41) is 0.566. The number of carbonyl (C=O) groups excluding carboxylic acids is 1. The molecular weight excluding hydrogens is 381 g/mol. The molecule has 1 aromatic heterocycles. The zero-order chi connectivity index (χ0) is 20.9. The second-order valence-corrected chi connectivity index (χ2v) is 7.91. The van der Waals surface area contributed by atoms with Crippen LogP contribution in [0.1, 0.15) is 37.7 Å². The summed E-state index contributed by atoms with van der Waals surface area (Å²) < 4.78 is 14.7. The van der Waals surface area contributed by atoms with Gasteiger partial charge in [-0.15, -0.1) is 0 Å². The summed E-state index contributed by atoms with van der Waals surface area (Å²) in [7, 11) is 0. The third-order valence-corrected chi connectivity index (χ3v) is 5.94. The number of aryl methyl sites for hydroxylation is 1. The maximum atomic E-state index is 13.2. The van der Waals surface area contributed by atoms with E-state index in [9.17, 15) is 14.0 Å². The van der Waals surface area contributed by atoms with Crippen LogP contribution in [0, 0.1) is 5.82 Å². The molecule has 0 saturated heterocycles. The number of fused-ring (bicyclic) bond motifs is 1. The Morgan fingerprint density at radius 1 is 1.10 bits per heavy atom. The molecule has 156 valence electrons. The summed E-state index contributed by atoms with van der Waals surface area (Å²) in [6.07, 6.45) is 6.80. The Kier molecular flexibility index (Phi) is 6.21. The smallest absolute Gasteiger partial charge is 0.261 e. The summed E-state index contributed by atoms with van der Waals surface area (Å²) in [5.74, 6) is -0.194. The molecule has 6 heteroatoms. The van der Waals surface area contributed by atoms with E-state index in [1.807, 2.05) is 23.1 Å². The molecule has 0 atom stereocenters. The van der Waals surface area contributed by atoms with Gasteiger partial charge in [0.1, 0.15) is 5.82 Å². The Morgan fingerprint density at radius 2 is 1.83 bits per heavy atom. The molecule has 1 aliphatic carbocycles. The maximum absolute atomic E-state index is 13.2. The molecule has 1 fully saturated rings. The van der Waals surface area contributed by atoms with Crippen LogP contribution in [0.4, 0.5) is 4.39 Å². The largest absolute Gasteiger partial charge is 0.339 e. The van der Waals surface area contributed by atoms with Crippen LogP contribution in [0.25, 0.3) is 10.9 Å². The summed E-state index contributed by atoms with van der Waals surface area (Å²) >= 11 is 0. The quantitative estimate of drug-likeness (QED) is 0.596. The predicted octanol–water partition coefficient (Wildman–Crippen LogP) is 3.94. The third kappa shape index (κ3) is 4.58. The van der Waals surface area contributed by atoms with E-state index in [0.717, 1.165) is 31.2 Å². The van der Waals surface area contributed by atoms with Crippen molar-refractivity contribution in [3.63, 3.8) is 0 Å². The molecule has 1 saturated carbocycles. The Balaban J connectivity index is 1.44. The van der Waals surface area contributed by atoms with Crippen LogP contribution < -0.4 is 5.56 Å². The number of amides is 1. The van der Waals surface area contributed by atoms with Crippen LogP contribution in [0.2, 0.25) is 0 Å². The van der Waals surface area contributed by atoms with Gasteiger partial charge >= 0.3 is 0 Å². The van der Waals surface area contributed by atoms with E-state index in [1.54, 1.807) is 18.2 Å². The molecule has 0 aliphatic heterocycles. The molecule has 1 aliphatic rings. The van der Waals surface area contributed by atoms with Gasteiger partial charge in [0.05, 0.1) is 17.2 Å². The Hall–Kier alpha value is -3.02. The molecule has 3 aromatic rings. The number of benzene rings is 2. The predicted molar refractivity (Wildman–Crippen MR) is 115 cm³/mol. The number of rotatable bonds is 7. The topological polar surface area (TPSA) is 55.2 Å². The van der Waals surface area contributed by atoms with Crippen LogP contribution in [0.15, 0.2) is 59.7 Å². The summed E-state index contributed by atoms with van der Waals surface area (Å²) in [4.78, 5) is 32.1. The van der Waals surface area contributed by atoms with Crippen LogP contribution in [-0.4, -0.2) is 32.9 Å². The Morgan fingerprint density at radius 3 is 2.60 bits per heavy atom. The van der Waals surface area contributed by atoms with Crippen molar-refractivity contribution in [2.24, 2.45) is 0 Å². The third-order valence-electron chi connectivity index (χ3n) is 5.94. The first kappa shape index (κ1) is 20.3. The van der Waals surface area contributed by atoms with Gasteiger partial charge in [0, 0.05) is 25.6 Å². The molecule has 1 heterocycles. The number of hydrogen-bond acceptors (Lipinski definition) is 3. The second-order valence-electron chi connectivity index (χ2n) is 7.91. The average Bonchev–Trinajstić information content (AvgIpc) is 3.29. The number of carbonyl (C=O) groups is 1. The van der Waals surface area contributed by atoms with Crippen LogP contribution in [0.5, 0.6) is 0 Å². The van der Waals surface area contributed by atoms with Crippen molar-refractivity contribution in [2.45, 2.75) is 51.1 Å². The second kappa shape index (κ2) is 9.20. The van der Waals surface area contributed by atoms with Gasteiger partial charge in [-0.1, -0.05) is 37.1 Å². The van der Waals surface area contributed by atoms with E-state index in [0.29, 0.717) is 30.4 Å². The monoisotopic (exact) mass is 407 g/mol. The van der Waals surface area contributed by atoms with Crippen LogP contribution in [-0.2, 0) is 17.8 Å². The highest BCUT2D eigenvalue weighted by molar-refractivity contribution is 5.78. The lowest BCUT2D eigenvalue weighted by atomic mass is 10.1. The number of aromatic nitrogens is 2. The van der Waals surface area contributed by atoms with Crippen molar-refractivity contribution in [1.82, 2.24) is 14.5 Å². The van der Waals surface area contributed by atoms with Gasteiger partial charge in [0.2, 0.25) is 5.91 Å². The highest BCUT2D eigenvalue weighted by Crippen LogP contribution is 2.24. The van der Waals surface area contributed by atoms with Crippen molar-refractivity contribution in [3.8, 4) is 0 Å². The van der Waals surface area contributed by atoms with E-state index in [4.69, 9.17) is 0 Å². The lowest BCUT2D eigenvalue weighted by molar-refractivity contribution is -0.133. The van der Waals surface area contributed by atoms with Gasteiger partial charge in [0.15, 0.2) is 0 Å². The standard InChI is InChI=1S/C24H26FN3O2/c25-19-11-9-18(10-12-19)13-16-28(20-5-1-2-6-20)23(29)14-15-27-17-26-22-8-4-3-7-21(22)24(27)30/h3-4,7-12,17,20H,1-2,5-6,13-16H2. The first-order valence-electron chi connectivity index (χ1n) is 10.6. The first-order valence-corrected chi connectivity index (χ1v) is 10.6. The summed E-state index contributed by atoms with van der Waals surface area (Å²) in [6.45, 7) is 0.926. The van der Waals surface area contributed by atoms with Crippen molar-refractivity contribution >= 4 is 16.8 Å². The van der Waals surface area contributed by atoms with Gasteiger partial charge in [-0.25, -0.2) is 9.37 Å². The van der Waals surface area contributed by atoms with E-state index in [-0.39, 0.29) is 29.7 Å². The van der Waals surface area contributed by atoms with E-state index in [1.165, 1.54) is 23.0 Å². The molecule has 1 amide bonds. The number of hydrogen-bond donors (Lipinski definition) is 0. The fourth-order valence-electron chi connectivity index (χ4n) is 4.25. The van der Waals surface area contributed by atoms with Gasteiger partial charge in [0.25, 0.3) is 5.56 Å². The number of nitrogens with zero attached hydrogens (tertiary/aromatic N) is 3. The average molecular weight is 407 g/mol. The Labute approximate surface area is 175 Å². The molecule has 0 bridgehead atoms. The Bertz CT molecular complexity index is 1070. The molecule has 30 heavy (non-hydrogen) atoms. The van der Waals surface area contributed by atoms with Gasteiger partial charge < -0.3 is 4.90 Å². The molecule has 5 nitrogen and oxygen atoms in total. The number of halogens is 1. The van der Waals surface area contributed by atoms with Crippen molar-refractivity contribution in [2.75, 3.05) is 6.54 Å². The summed E-state index contributed by atoms with van der Waals surface area (Å²) in [6, 6.07) is 13.9. The molecule has 4 rings (SSSR count). The SMILES string of the molecule is O=C(CCn1cnc2ccccc2c1=O)N(CCc1ccc(F)cc1)C1CCCC1. The molecule has 0 spiro atoms. The van der Waals surface area contributed by atoms with E-state index >= 15 is 0 Å². The maximum Gasteiger partial charge on any atom is 0.261 e. The normalized spacial score (nSPS) is 14.3. The number of para-hydroxylation sites is 1. The minimum absolute atomic E-state index is 0.0593. The van der Waals surface area contributed by atoms with E-state index < -0.39 is 0 Å². The van der Waals surface area contributed by atoms with Gasteiger partial charge in [-0.05, 0) is 49.1 Å². The highest BCUT2D eigenvalue weighted by atomic mass is 19.1. The highest BCUT2D eigenvalue weighted by Gasteiger charge is 2.26. The minimum Gasteiger partial charge on any atom is -0.339 e. The van der Waals surface area contributed by atoms with Gasteiger partial charge in [-0.2, -0.15) is 0 Å². The molecule has 0 radical (unpaired) electrons. The molecule has 0 N–H and O–H groups in total. The van der Waals surface area contributed by atoms with Crippen molar-refractivity contribution in [3.05, 3.63) is 76.6 Å². The van der Waals surface area contributed by atoms with E-state index in [2.05, 4.69) is 4.98 Å². The van der Waals surface area contributed by atoms with Crippen molar-refractivity contribution in [1.29, 1.82) is 0 Å². The van der Waals surface area contributed by atoms with Crippen LogP contribution in [0.3, 0.4) is 0 Å². The molecule has 2 aromatic carbocycles. The first-order chi connectivity index (χ1) is 14.6. The fourth-order valence-corrected chi connectivity index (χ4v) is 4.25. The van der Waals surface area contributed by atoms with Crippen LogP contribution >= 0.6 is 0 Å². The van der Waals surface area contributed by atoms with Gasteiger partial charge in [-0.3, -0.25) is 14.2 Å². The molecule has 0 unspecified atom stereocenters. The zero-order valence-corrected chi connectivity index (χ0v) is 17.0. The van der Waals surface area contributed by atoms with Crippen molar-refractivity contribution < 1.29 is 9.18 Å². The minimum atomic E-state index is -0.253. The zero-order valence-electron chi connectivity index (χ0n) is 17.0. The summed E-state index contributed by atoms with van der Waals surface area (Å²) in [5.41, 5.74) is 1.56. The fraction of sp³-hybridized carbons (Fsp3) is 0.375.